The van der Waals surface area contributed by atoms with Crippen LogP contribution in [-0.2, 0) is 10.0 Å². The first-order valence-electron chi connectivity index (χ1n) is 5.21. The number of fused-ring (bicyclic) bond motifs is 1. The quantitative estimate of drug-likeness (QED) is 0.902. The second-order valence-corrected chi connectivity index (χ2v) is 6.19. The Balaban J connectivity index is 2.38. The number of rotatable bonds is 3. The summed E-state index contributed by atoms with van der Waals surface area (Å²) in [5.41, 5.74) is 1.91. The summed E-state index contributed by atoms with van der Waals surface area (Å²) in [6, 6.07) is 5.08. The highest BCUT2D eigenvalue weighted by Crippen LogP contribution is 2.17. The van der Waals surface area contributed by atoms with Crippen LogP contribution in [0.3, 0.4) is 0 Å². The van der Waals surface area contributed by atoms with Crippen molar-refractivity contribution in [2.24, 2.45) is 0 Å². The Labute approximate surface area is 100.0 Å². The van der Waals surface area contributed by atoms with E-state index in [1.165, 1.54) is 0 Å². The molecule has 2 rings (SSSR count). The van der Waals surface area contributed by atoms with Crippen LogP contribution >= 0.6 is 0 Å². The van der Waals surface area contributed by atoms with Gasteiger partial charge in [0.15, 0.2) is 0 Å². The monoisotopic (exact) mass is 251 g/mol. The van der Waals surface area contributed by atoms with E-state index in [4.69, 9.17) is 0 Å². The fourth-order valence-corrected chi connectivity index (χ4v) is 2.00. The molecule has 0 atom stereocenters. The molecule has 0 spiro atoms. The second kappa shape index (κ2) is 4.29. The van der Waals surface area contributed by atoms with Gasteiger partial charge in [-0.25, -0.2) is 8.42 Å². The van der Waals surface area contributed by atoms with Crippen LogP contribution in [-0.4, -0.2) is 23.6 Å². The largest absolute Gasteiger partial charge is 0.283 e. The fraction of sp³-hybridized carbons (Fsp3) is 0.273. The van der Waals surface area contributed by atoms with Gasteiger partial charge in [0.2, 0.25) is 10.0 Å². The molecular formula is C11H13N3O2S. The van der Waals surface area contributed by atoms with Gasteiger partial charge in [-0.3, -0.25) is 14.7 Å². The predicted octanol–water partition coefficient (Wildman–Crippen LogP) is 1.78. The van der Waals surface area contributed by atoms with Gasteiger partial charge in [-0.15, -0.1) is 0 Å². The molecule has 0 unspecified atom stereocenters. The maximum atomic E-state index is 11.7. The molecule has 1 N–H and O–H groups in total. The van der Waals surface area contributed by atoms with E-state index in [1.54, 1.807) is 44.4 Å². The molecular weight excluding hydrogens is 238 g/mol. The zero-order valence-corrected chi connectivity index (χ0v) is 10.4. The Hall–Kier alpha value is -1.69. The highest BCUT2D eigenvalue weighted by atomic mass is 32.2. The summed E-state index contributed by atoms with van der Waals surface area (Å²) in [4.78, 5) is 8.23. The average Bonchev–Trinajstić information content (AvgIpc) is 2.28. The van der Waals surface area contributed by atoms with Crippen LogP contribution in [0.25, 0.3) is 11.0 Å². The minimum absolute atomic E-state index is 0.472. The van der Waals surface area contributed by atoms with Gasteiger partial charge < -0.3 is 0 Å². The van der Waals surface area contributed by atoms with E-state index >= 15 is 0 Å². The number of hydrogen-bond donors (Lipinski definition) is 1. The number of nitrogens with one attached hydrogen (secondary N) is 1. The molecule has 1 aromatic carbocycles. The minimum Gasteiger partial charge on any atom is -0.283 e. The molecule has 0 saturated heterocycles. The molecule has 17 heavy (non-hydrogen) atoms. The number of benzene rings is 1. The highest BCUT2D eigenvalue weighted by Gasteiger charge is 2.15. The Bertz CT molecular complexity index is 638. The third kappa shape index (κ3) is 2.52. The molecule has 0 aliphatic rings. The Morgan fingerprint density at radius 3 is 2.41 bits per heavy atom. The van der Waals surface area contributed by atoms with Crippen LogP contribution in [0.5, 0.6) is 0 Å². The molecule has 0 radical (unpaired) electrons. The Morgan fingerprint density at radius 1 is 1.12 bits per heavy atom. The van der Waals surface area contributed by atoms with Crippen molar-refractivity contribution in [3.63, 3.8) is 0 Å². The molecule has 5 nitrogen and oxygen atoms in total. The number of nitrogens with zero attached hydrogens (tertiary/aromatic N) is 2. The van der Waals surface area contributed by atoms with Crippen LogP contribution in [0.15, 0.2) is 30.6 Å². The minimum atomic E-state index is -3.32. The normalized spacial score (nSPS) is 11.9. The lowest BCUT2D eigenvalue weighted by molar-refractivity contribution is 0.593. The molecule has 6 heteroatoms. The molecule has 1 heterocycles. The first kappa shape index (κ1) is 11.8. The molecule has 90 valence electrons. The van der Waals surface area contributed by atoms with Gasteiger partial charge in [-0.2, -0.15) is 0 Å². The van der Waals surface area contributed by atoms with E-state index in [9.17, 15) is 8.42 Å². The highest BCUT2D eigenvalue weighted by molar-refractivity contribution is 7.93. The smallest absolute Gasteiger partial charge is 0.235 e. The van der Waals surface area contributed by atoms with Crippen LogP contribution in [0, 0.1) is 0 Å². The third-order valence-corrected chi connectivity index (χ3v) is 4.11. The van der Waals surface area contributed by atoms with Gasteiger partial charge >= 0.3 is 0 Å². The summed E-state index contributed by atoms with van der Waals surface area (Å²) >= 11 is 0. The van der Waals surface area contributed by atoms with Crippen molar-refractivity contribution in [3.8, 4) is 0 Å². The van der Waals surface area contributed by atoms with Crippen molar-refractivity contribution in [2.75, 3.05) is 4.72 Å². The molecule has 1 aromatic heterocycles. The summed E-state index contributed by atoms with van der Waals surface area (Å²) in [6.45, 7) is 3.26. The molecule has 0 bridgehead atoms. The Kier molecular flexibility index (Phi) is 2.97. The first-order valence-corrected chi connectivity index (χ1v) is 6.76. The van der Waals surface area contributed by atoms with E-state index in [1.807, 2.05) is 0 Å². The molecule has 2 aromatic rings. The summed E-state index contributed by atoms with van der Waals surface area (Å²) < 4.78 is 25.9. The number of anilines is 1. The van der Waals surface area contributed by atoms with Gasteiger partial charge in [0, 0.05) is 12.4 Å². The number of hydrogen-bond acceptors (Lipinski definition) is 4. The van der Waals surface area contributed by atoms with Gasteiger partial charge in [-0.1, -0.05) is 0 Å². The van der Waals surface area contributed by atoms with E-state index in [0.29, 0.717) is 11.2 Å². The zero-order valence-electron chi connectivity index (χ0n) is 9.58. The van der Waals surface area contributed by atoms with Crippen molar-refractivity contribution < 1.29 is 8.42 Å². The van der Waals surface area contributed by atoms with E-state index in [-0.39, 0.29) is 0 Å². The van der Waals surface area contributed by atoms with Crippen LogP contribution in [0.4, 0.5) is 5.69 Å². The number of aromatic nitrogens is 2. The summed E-state index contributed by atoms with van der Waals surface area (Å²) in [5.74, 6) is 0. The maximum absolute atomic E-state index is 11.7. The molecule has 0 aliphatic heterocycles. The first-order chi connectivity index (χ1) is 7.99. The predicted molar refractivity (Wildman–Crippen MR) is 67.2 cm³/mol. The van der Waals surface area contributed by atoms with Gasteiger partial charge in [0.25, 0.3) is 0 Å². The SMILES string of the molecule is CC(C)S(=O)(=O)Nc1ccc2nccnc2c1. The van der Waals surface area contributed by atoms with Gasteiger partial charge in [0.1, 0.15) is 0 Å². The molecule has 0 fully saturated rings. The maximum Gasteiger partial charge on any atom is 0.235 e. The van der Waals surface area contributed by atoms with Crippen LogP contribution in [0.2, 0.25) is 0 Å². The van der Waals surface area contributed by atoms with Crippen LogP contribution in [0.1, 0.15) is 13.8 Å². The van der Waals surface area contributed by atoms with Crippen molar-refractivity contribution in [2.45, 2.75) is 19.1 Å². The molecule has 0 saturated carbocycles. The van der Waals surface area contributed by atoms with Crippen molar-refractivity contribution >= 4 is 26.7 Å². The zero-order chi connectivity index (χ0) is 12.5. The summed E-state index contributed by atoms with van der Waals surface area (Å²) in [6.07, 6.45) is 3.17. The summed E-state index contributed by atoms with van der Waals surface area (Å²) in [7, 11) is -3.32. The molecule has 0 aliphatic carbocycles. The lowest BCUT2D eigenvalue weighted by Crippen LogP contribution is -2.22. The van der Waals surface area contributed by atoms with E-state index in [0.717, 1.165) is 5.52 Å². The van der Waals surface area contributed by atoms with E-state index in [2.05, 4.69) is 14.7 Å². The average molecular weight is 251 g/mol. The molecule has 0 amide bonds. The van der Waals surface area contributed by atoms with Crippen molar-refractivity contribution in [1.29, 1.82) is 0 Å². The van der Waals surface area contributed by atoms with Gasteiger partial charge in [-0.05, 0) is 32.0 Å². The summed E-state index contributed by atoms with van der Waals surface area (Å²) in [5, 5.41) is -0.472. The second-order valence-electron chi connectivity index (χ2n) is 3.96. The van der Waals surface area contributed by atoms with Crippen molar-refractivity contribution in [3.05, 3.63) is 30.6 Å². The van der Waals surface area contributed by atoms with Crippen LogP contribution < -0.4 is 4.72 Å². The lowest BCUT2D eigenvalue weighted by Gasteiger charge is -2.10. The third-order valence-electron chi connectivity index (χ3n) is 2.35. The number of sulfonamides is 1. The standard InChI is InChI=1S/C11H13N3O2S/c1-8(2)17(15,16)14-9-3-4-10-11(7-9)13-6-5-12-10/h3-8,14H,1-2H3. The lowest BCUT2D eigenvalue weighted by atomic mass is 10.3. The van der Waals surface area contributed by atoms with E-state index < -0.39 is 15.3 Å². The van der Waals surface area contributed by atoms with Gasteiger partial charge in [0.05, 0.1) is 22.0 Å². The topological polar surface area (TPSA) is 72.0 Å². The van der Waals surface area contributed by atoms with Crippen molar-refractivity contribution in [1.82, 2.24) is 9.97 Å². The fourth-order valence-electron chi connectivity index (χ4n) is 1.31. The Morgan fingerprint density at radius 2 is 1.76 bits per heavy atom.